The molecule has 0 aliphatic rings. The van der Waals surface area contributed by atoms with E-state index in [1.807, 2.05) is 0 Å². The van der Waals surface area contributed by atoms with Crippen molar-refractivity contribution in [3.05, 3.63) is 11.5 Å². The van der Waals surface area contributed by atoms with Crippen LogP contribution in [-0.4, -0.2) is 5.55 Å². The summed E-state index contributed by atoms with van der Waals surface area (Å²) < 4.78 is 0. The van der Waals surface area contributed by atoms with Gasteiger partial charge in [-0.1, -0.05) is 32.2 Å². The second-order valence-electron chi connectivity index (χ2n) is 1.86. The van der Waals surface area contributed by atoms with Crippen LogP contribution in [0.1, 0.15) is 13.8 Å². The molecule has 1 nitrogen and oxygen atoms in total. The van der Waals surface area contributed by atoms with Gasteiger partial charge in [0.25, 0.3) is 0 Å². The Morgan fingerprint density at radius 2 is 2.25 bits per heavy atom. The Hall–Kier alpha value is -0.240. The molecule has 8 heavy (non-hydrogen) atoms. The van der Waals surface area contributed by atoms with Gasteiger partial charge in [-0.05, 0) is 10.8 Å². The monoisotopic (exact) mass is 129 g/mol. The molecule has 0 saturated heterocycles. The zero-order valence-corrected chi connectivity index (χ0v) is 6.09. The summed E-state index contributed by atoms with van der Waals surface area (Å²) in [4.78, 5) is 1.06. The van der Waals surface area contributed by atoms with Crippen LogP contribution in [0.4, 0.5) is 0 Å². The van der Waals surface area contributed by atoms with Crippen LogP contribution in [-0.2, 0) is 0 Å². The molecule has 0 unspecified atom stereocenters. The third-order valence-electron chi connectivity index (χ3n) is 0.854. The van der Waals surface area contributed by atoms with E-state index in [4.69, 9.17) is 5.41 Å². The van der Waals surface area contributed by atoms with Gasteiger partial charge in [-0.3, -0.25) is 0 Å². The summed E-state index contributed by atoms with van der Waals surface area (Å²) in [5, 5.41) is 6.70. The molecule has 0 bridgehead atoms. The lowest BCUT2D eigenvalue weighted by molar-refractivity contribution is 0.821. The van der Waals surface area contributed by atoms with Crippen molar-refractivity contribution in [3.63, 3.8) is 0 Å². The lowest BCUT2D eigenvalue weighted by Crippen LogP contribution is -1.85. The summed E-state index contributed by atoms with van der Waals surface area (Å²) >= 11 is 1.39. The van der Waals surface area contributed by atoms with Crippen molar-refractivity contribution in [3.8, 4) is 0 Å². The molecule has 46 valence electrons. The van der Waals surface area contributed by atoms with Gasteiger partial charge in [-0.25, -0.2) is 0 Å². The fraction of sp³-hybridized carbons (Fsp3) is 0.500. The van der Waals surface area contributed by atoms with Crippen molar-refractivity contribution >= 4 is 17.3 Å². The zero-order valence-electron chi connectivity index (χ0n) is 5.27. The van der Waals surface area contributed by atoms with Gasteiger partial charge in [0.15, 0.2) is 0 Å². The molecule has 0 radical (unpaired) electrons. The average Bonchev–Trinajstić information content (AvgIpc) is 1.67. The average molecular weight is 129 g/mol. The van der Waals surface area contributed by atoms with Crippen LogP contribution < -0.4 is 0 Å². The molecule has 0 aliphatic carbocycles. The third-order valence-corrected chi connectivity index (χ3v) is 1.75. The normalized spacial score (nSPS) is 9.38. The minimum Gasteiger partial charge on any atom is -0.302 e. The summed E-state index contributed by atoms with van der Waals surface area (Å²) in [5.41, 5.74) is 1.31. The summed E-state index contributed by atoms with van der Waals surface area (Å²) in [6.45, 7) is 7.89. The van der Waals surface area contributed by atoms with E-state index in [2.05, 4.69) is 20.4 Å². The summed E-state index contributed by atoms with van der Waals surface area (Å²) in [7, 11) is 0. The van der Waals surface area contributed by atoms with Crippen LogP contribution in [0.2, 0.25) is 0 Å². The summed E-state index contributed by atoms with van der Waals surface area (Å²) in [5.74, 6) is 0.488. The van der Waals surface area contributed by atoms with E-state index < -0.39 is 0 Å². The molecule has 0 aromatic heterocycles. The molecule has 0 rings (SSSR count). The minimum absolute atomic E-state index is 0.488. The van der Waals surface area contributed by atoms with E-state index in [9.17, 15) is 0 Å². The molecule has 0 amide bonds. The van der Waals surface area contributed by atoms with Crippen LogP contribution in [0.25, 0.3) is 0 Å². The number of hydrogen-bond acceptors (Lipinski definition) is 2. The van der Waals surface area contributed by atoms with Crippen molar-refractivity contribution in [1.29, 1.82) is 5.41 Å². The maximum absolute atomic E-state index is 6.70. The van der Waals surface area contributed by atoms with E-state index in [0.717, 1.165) is 4.91 Å². The molecule has 0 aromatic carbocycles. The van der Waals surface area contributed by atoms with Gasteiger partial charge in [-0.15, -0.1) is 0 Å². The van der Waals surface area contributed by atoms with Gasteiger partial charge < -0.3 is 5.41 Å². The fourth-order valence-corrected chi connectivity index (χ4v) is 0.635. The first-order chi connectivity index (χ1) is 3.68. The van der Waals surface area contributed by atoms with E-state index in [0.29, 0.717) is 5.92 Å². The van der Waals surface area contributed by atoms with Crippen LogP contribution in [0.5, 0.6) is 0 Å². The summed E-state index contributed by atoms with van der Waals surface area (Å²) in [6, 6.07) is 0. The van der Waals surface area contributed by atoms with Crippen LogP contribution in [0.15, 0.2) is 11.5 Å². The van der Waals surface area contributed by atoms with Crippen molar-refractivity contribution in [2.75, 3.05) is 0 Å². The van der Waals surface area contributed by atoms with Crippen molar-refractivity contribution < 1.29 is 0 Å². The summed E-state index contributed by atoms with van der Waals surface area (Å²) in [6.07, 6.45) is 0. The number of thioether (sulfide) groups is 1. The maximum atomic E-state index is 6.70. The first-order valence-electron chi connectivity index (χ1n) is 2.53. The molecule has 0 spiro atoms. The van der Waals surface area contributed by atoms with Crippen molar-refractivity contribution in [2.45, 2.75) is 13.8 Å². The first kappa shape index (κ1) is 7.76. The molecule has 0 saturated carbocycles. The highest BCUT2D eigenvalue weighted by molar-refractivity contribution is 8.15. The Labute approximate surface area is 54.7 Å². The van der Waals surface area contributed by atoms with Gasteiger partial charge in [-0.2, -0.15) is 0 Å². The Morgan fingerprint density at radius 1 is 1.75 bits per heavy atom. The van der Waals surface area contributed by atoms with E-state index in [1.54, 1.807) is 0 Å². The highest BCUT2D eigenvalue weighted by Crippen LogP contribution is 2.18. The SMILES string of the molecule is C=C(SC=N)C(C)C. The molecule has 0 heterocycles. The van der Waals surface area contributed by atoms with Crippen molar-refractivity contribution in [1.82, 2.24) is 0 Å². The van der Waals surface area contributed by atoms with Crippen LogP contribution >= 0.6 is 11.8 Å². The Kier molecular flexibility index (Phi) is 3.61. The molecule has 0 aliphatic heterocycles. The smallest absolute Gasteiger partial charge is 0.0551 e. The molecular formula is C6H11NS. The molecule has 0 aromatic rings. The zero-order chi connectivity index (χ0) is 6.57. The maximum Gasteiger partial charge on any atom is 0.0551 e. The number of nitrogens with one attached hydrogen (secondary N) is 1. The highest BCUT2D eigenvalue weighted by Gasteiger charge is 1.96. The molecular weight excluding hydrogens is 118 g/mol. The Balaban J connectivity index is 3.48. The van der Waals surface area contributed by atoms with Gasteiger partial charge in [0.1, 0.15) is 0 Å². The van der Waals surface area contributed by atoms with E-state index in [-0.39, 0.29) is 0 Å². The molecule has 2 heteroatoms. The number of allylic oxidation sites excluding steroid dienone is 1. The highest BCUT2D eigenvalue weighted by atomic mass is 32.2. The first-order valence-corrected chi connectivity index (χ1v) is 3.41. The van der Waals surface area contributed by atoms with Gasteiger partial charge in [0.2, 0.25) is 0 Å². The van der Waals surface area contributed by atoms with E-state index >= 15 is 0 Å². The van der Waals surface area contributed by atoms with Crippen LogP contribution in [0, 0.1) is 11.3 Å². The predicted molar refractivity (Wildman–Crippen MR) is 40.4 cm³/mol. The largest absolute Gasteiger partial charge is 0.302 e. The second-order valence-corrected chi connectivity index (χ2v) is 2.85. The number of rotatable bonds is 3. The Morgan fingerprint density at radius 3 is 2.38 bits per heavy atom. The fourth-order valence-electron chi connectivity index (χ4n) is 0.212. The molecule has 1 N–H and O–H groups in total. The lowest BCUT2D eigenvalue weighted by atomic mass is 10.2. The minimum atomic E-state index is 0.488. The molecule has 0 atom stereocenters. The standard InChI is InChI=1S/C6H11NS/c1-5(2)6(3)8-4-7/h4-5,7H,3H2,1-2H3. The van der Waals surface area contributed by atoms with Gasteiger partial charge >= 0.3 is 0 Å². The molecule has 0 fully saturated rings. The lowest BCUT2D eigenvalue weighted by Gasteiger charge is -2.02. The van der Waals surface area contributed by atoms with Crippen LogP contribution in [0.3, 0.4) is 0 Å². The number of hydrogen-bond donors (Lipinski definition) is 1. The third kappa shape index (κ3) is 2.86. The second kappa shape index (κ2) is 3.72. The van der Waals surface area contributed by atoms with Gasteiger partial charge in [0, 0.05) is 0 Å². The Bertz CT molecular complexity index is 96.7. The quantitative estimate of drug-likeness (QED) is 0.459. The van der Waals surface area contributed by atoms with Crippen molar-refractivity contribution in [2.24, 2.45) is 5.92 Å². The van der Waals surface area contributed by atoms with E-state index in [1.165, 1.54) is 17.3 Å². The predicted octanol–water partition coefficient (Wildman–Crippen LogP) is 2.50. The topological polar surface area (TPSA) is 23.9 Å². The van der Waals surface area contributed by atoms with Gasteiger partial charge in [0.05, 0.1) is 5.55 Å².